The van der Waals surface area contributed by atoms with Gasteiger partial charge in [0.05, 0.1) is 10.8 Å². The second kappa shape index (κ2) is 15.2. The van der Waals surface area contributed by atoms with Gasteiger partial charge in [0.2, 0.25) is 0 Å². The van der Waals surface area contributed by atoms with Crippen molar-refractivity contribution in [1.82, 2.24) is 5.43 Å². The van der Waals surface area contributed by atoms with Gasteiger partial charge in [-0.3, -0.25) is 20.9 Å². The van der Waals surface area contributed by atoms with Crippen LogP contribution in [0, 0.1) is 6.92 Å². The molecule has 0 aliphatic heterocycles. The predicted molar refractivity (Wildman–Crippen MR) is 127 cm³/mol. The van der Waals surface area contributed by atoms with E-state index in [-0.39, 0.29) is 17.9 Å². The Kier molecular flexibility index (Phi) is 15.5. The summed E-state index contributed by atoms with van der Waals surface area (Å²) in [4.78, 5) is 25.0. The first-order chi connectivity index (χ1) is 13.0. The zero-order chi connectivity index (χ0) is 21.7. The highest BCUT2D eigenvalue weighted by molar-refractivity contribution is 7.78. The Labute approximate surface area is 193 Å². The Morgan fingerprint density at radius 3 is 1.83 bits per heavy atom. The van der Waals surface area contributed by atoms with Crippen LogP contribution in [0.1, 0.15) is 47.1 Å². The first-order valence-electron chi connectivity index (χ1n) is 8.12. The molecular weight excluding hydrogens is 453 g/mol. The first kappa shape index (κ1) is 29.6. The number of halogens is 3. The van der Waals surface area contributed by atoms with Gasteiger partial charge in [-0.1, -0.05) is 30.3 Å². The smallest absolute Gasteiger partial charge is 0.252 e. The molecule has 29 heavy (non-hydrogen) atoms. The number of rotatable bonds is 3. The number of hydrogen-bond donors (Lipinski definition) is 2. The van der Waals surface area contributed by atoms with Gasteiger partial charge >= 0.3 is 0 Å². The van der Waals surface area contributed by atoms with E-state index in [1.165, 1.54) is 0 Å². The van der Waals surface area contributed by atoms with Crippen molar-refractivity contribution in [2.75, 3.05) is 0 Å². The van der Waals surface area contributed by atoms with Gasteiger partial charge in [0.25, 0.3) is 10.5 Å². The Bertz CT molecular complexity index is 835. The summed E-state index contributed by atoms with van der Waals surface area (Å²) in [6.45, 7) is 7.85. The molecule has 0 aliphatic carbocycles. The van der Waals surface area contributed by atoms with Crippen LogP contribution in [0.15, 0.2) is 53.5 Å². The van der Waals surface area contributed by atoms with Crippen molar-refractivity contribution in [3.63, 3.8) is 0 Å². The van der Waals surface area contributed by atoms with Gasteiger partial charge in [-0.2, -0.15) is 4.99 Å². The Morgan fingerprint density at radius 1 is 1.03 bits per heavy atom. The molecule has 5 nitrogen and oxygen atoms in total. The first-order valence-corrected chi connectivity index (χ1v) is 9.29. The normalized spacial score (nSPS) is 9.34. The summed E-state index contributed by atoms with van der Waals surface area (Å²) in [6.07, 6.45) is 0. The second-order valence-corrected chi connectivity index (χ2v) is 7.38. The van der Waals surface area contributed by atoms with E-state index in [0.29, 0.717) is 16.8 Å². The van der Waals surface area contributed by atoms with Crippen LogP contribution in [0.5, 0.6) is 0 Å². The van der Waals surface area contributed by atoms with Crippen LogP contribution in [0.25, 0.3) is 0 Å². The highest BCUT2D eigenvalue weighted by atomic mass is 35.5. The summed E-state index contributed by atoms with van der Waals surface area (Å²) in [7, 11) is 0. The number of aryl methyl sites for hydroxylation is 1. The molecule has 2 aromatic rings. The van der Waals surface area contributed by atoms with E-state index in [0.717, 1.165) is 5.56 Å². The number of nitrogens with zero attached hydrogens (tertiary/aromatic N) is 1. The standard InChI is InChI=1S/C9H6ClNOS.C7H5ClO.C4H12N2.ClH/c1-6-4-7(9(10)12)2-3-8(6)11-5-13;8-7(9)6-4-2-1-3-5-6;1-4(2,3)6-5;/h2-4H,1H3;1-5H;6H,5H2,1-3H3;1H. The van der Waals surface area contributed by atoms with Gasteiger partial charge in [0.1, 0.15) is 0 Å². The van der Waals surface area contributed by atoms with E-state index in [1.54, 1.807) is 42.5 Å². The number of aliphatic imine (C=N–C) groups is 1. The number of nitrogens with two attached hydrogens (primary N) is 1. The maximum Gasteiger partial charge on any atom is 0.252 e. The molecule has 0 atom stereocenters. The minimum absolute atomic E-state index is 0. The Balaban J connectivity index is 0. The molecule has 0 saturated carbocycles. The number of carbonyl (C=O) groups excluding carboxylic acids is 2. The Hall–Kier alpha value is -1.63. The van der Waals surface area contributed by atoms with Crippen LogP contribution in [-0.2, 0) is 0 Å². The highest BCUT2D eigenvalue weighted by Crippen LogP contribution is 2.19. The molecule has 0 spiro atoms. The van der Waals surface area contributed by atoms with Crippen molar-refractivity contribution in [2.24, 2.45) is 10.8 Å². The molecule has 0 fully saturated rings. The zero-order valence-electron chi connectivity index (χ0n) is 16.5. The van der Waals surface area contributed by atoms with E-state index in [9.17, 15) is 9.59 Å². The number of isothiocyanates is 1. The van der Waals surface area contributed by atoms with Gasteiger partial charge in [0.15, 0.2) is 0 Å². The number of nitrogens with one attached hydrogen (secondary N) is 1. The molecular formula is C20H24Cl3N3O2S. The van der Waals surface area contributed by atoms with Crippen LogP contribution in [-0.4, -0.2) is 21.2 Å². The predicted octanol–water partition coefficient (Wildman–Crippen LogP) is 5.84. The molecule has 0 bridgehead atoms. The third kappa shape index (κ3) is 14.1. The number of carbonyl (C=O) groups is 2. The topological polar surface area (TPSA) is 84.5 Å². The molecule has 2 rings (SSSR count). The summed E-state index contributed by atoms with van der Waals surface area (Å²) in [6, 6.07) is 13.7. The van der Waals surface area contributed by atoms with E-state index in [4.69, 9.17) is 29.0 Å². The maximum absolute atomic E-state index is 10.8. The van der Waals surface area contributed by atoms with Gasteiger partial charge in [0, 0.05) is 16.7 Å². The lowest BCUT2D eigenvalue weighted by Gasteiger charge is -2.14. The van der Waals surface area contributed by atoms with Crippen molar-refractivity contribution in [2.45, 2.75) is 33.2 Å². The molecule has 0 heterocycles. The summed E-state index contributed by atoms with van der Waals surface area (Å²) >= 11 is 14.9. The van der Waals surface area contributed by atoms with Gasteiger partial charge in [-0.15, -0.1) is 12.4 Å². The van der Waals surface area contributed by atoms with E-state index in [2.05, 4.69) is 27.8 Å². The van der Waals surface area contributed by atoms with Crippen LogP contribution in [0.3, 0.4) is 0 Å². The van der Waals surface area contributed by atoms with Gasteiger partial charge < -0.3 is 0 Å². The molecule has 0 aliphatic rings. The summed E-state index contributed by atoms with van der Waals surface area (Å²) in [5.41, 5.74) is 5.23. The van der Waals surface area contributed by atoms with Crippen molar-refractivity contribution in [3.05, 3.63) is 65.2 Å². The van der Waals surface area contributed by atoms with Gasteiger partial charge in [-0.05, 0) is 86.9 Å². The minimum atomic E-state index is -0.471. The fourth-order valence-corrected chi connectivity index (χ4v) is 1.86. The minimum Gasteiger partial charge on any atom is -0.276 e. The van der Waals surface area contributed by atoms with Crippen LogP contribution >= 0.6 is 47.8 Å². The van der Waals surface area contributed by atoms with Crippen LogP contribution in [0.4, 0.5) is 5.69 Å². The molecule has 0 aromatic heterocycles. The molecule has 3 N–H and O–H groups in total. The second-order valence-electron chi connectivity index (χ2n) is 6.51. The SMILES string of the molecule is CC(C)(C)NN.Cc1cc(C(=O)Cl)ccc1N=C=S.Cl.O=C(Cl)c1ccccc1. The number of benzene rings is 2. The lowest BCUT2D eigenvalue weighted by molar-refractivity contribution is 0.107. The van der Waals surface area contributed by atoms with E-state index in [1.807, 2.05) is 33.8 Å². The molecule has 9 heteroatoms. The number of hydrogen-bond acceptors (Lipinski definition) is 6. The Morgan fingerprint density at radius 2 is 1.52 bits per heavy atom. The number of thiocarbonyl (C=S) groups is 1. The molecule has 2 aromatic carbocycles. The third-order valence-electron chi connectivity index (χ3n) is 3.02. The maximum atomic E-state index is 10.8. The van der Waals surface area contributed by atoms with Crippen molar-refractivity contribution < 1.29 is 9.59 Å². The molecule has 0 amide bonds. The molecule has 0 radical (unpaired) electrons. The van der Waals surface area contributed by atoms with Crippen molar-refractivity contribution in [1.29, 1.82) is 0 Å². The summed E-state index contributed by atoms with van der Waals surface area (Å²) in [5.74, 6) is 5.06. The summed E-state index contributed by atoms with van der Waals surface area (Å²) < 4.78 is 0. The largest absolute Gasteiger partial charge is 0.276 e. The average molecular weight is 477 g/mol. The monoisotopic (exact) mass is 475 g/mol. The van der Waals surface area contributed by atoms with E-state index >= 15 is 0 Å². The molecule has 0 unspecified atom stereocenters. The molecule has 158 valence electrons. The average Bonchev–Trinajstić information content (AvgIpc) is 2.64. The molecule has 0 saturated heterocycles. The summed E-state index contributed by atoms with van der Waals surface area (Å²) in [5, 5.41) is 1.39. The lowest BCUT2D eigenvalue weighted by atomic mass is 10.1. The highest BCUT2D eigenvalue weighted by Gasteiger charge is 2.04. The fraction of sp³-hybridized carbons (Fsp3) is 0.250. The quantitative estimate of drug-likeness (QED) is 0.191. The fourth-order valence-electron chi connectivity index (χ4n) is 1.52. The van der Waals surface area contributed by atoms with E-state index < -0.39 is 10.5 Å². The van der Waals surface area contributed by atoms with Crippen molar-refractivity contribution >= 4 is 69.2 Å². The van der Waals surface area contributed by atoms with Gasteiger partial charge in [-0.25, -0.2) is 0 Å². The van der Waals surface area contributed by atoms with Crippen molar-refractivity contribution in [3.8, 4) is 0 Å². The number of hydrazine groups is 1. The van der Waals surface area contributed by atoms with Crippen LogP contribution < -0.4 is 11.3 Å². The van der Waals surface area contributed by atoms with Crippen LogP contribution in [0.2, 0.25) is 0 Å². The lowest BCUT2D eigenvalue weighted by Crippen LogP contribution is -2.41. The zero-order valence-corrected chi connectivity index (χ0v) is 19.7. The third-order valence-corrected chi connectivity index (χ3v) is 3.55.